The monoisotopic (exact) mass is 232 g/mol. The third kappa shape index (κ3) is 9.42. The van der Waals surface area contributed by atoms with E-state index in [4.69, 9.17) is 4.74 Å². The van der Waals surface area contributed by atoms with Crippen LogP contribution in [0, 0.1) is 0 Å². The normalized spacial score (nSPS) is 9.88. The highest BCUT2D eigenvalue weighted by Crippen LogP contribution is 1.78. The molecular formula is C10H20N2O4. The first kappa shape index (κ1) is 14.9. The van der Waals surface area contributed by atoms with E-state index in [0.29, 0.717) is 19.8 Å². The van der Waals surface area contributed by atoms with Gasteiger partial charge in [0.1, 0.15) is 0 Å². The minimum absolute atomic E-state index is 0.0549. The lowest BCUT2D eigenvalue weighted by atomic mass is 10.4. The second-order valence-corrected chi connectivity index (χ2v) is 3.10. The molecule has 0 aliphatic heterocycles. The molecule has 0 aromatic rings. The summed E-state index contributed by atoms with van der Waals surface area (Å²) in [4.78, 5) is 22.1. The van der Waals surface area contributed by atoms with Crippen LogP contribution in [0.25, 0.3) is 0 Å². The van der Waals surface area contributed by atoms with Crippen molar-refractivity contribution >= 4 is 11.9 Å². The zero-order valence-corrected chi connectivity index (χ0v) is 9.88. The Morgan fingerprint density at radius 3 is 2.62 bits per heavy atom. The second-order valence-electron chi connectivity index (χ2n) is 3.10. The minimum Gasteiger partial charge on any atom is -0.465 e. The number of hydrogen-bond donors (Lipinski definition) is 2. The lowest BCUT2D eigenvalue weighted by molar-refractivity contribution is -0.142. The van der Waals surface area contributed by atoms with Gasteiger partial charge in [0.15, 0.2) is 0 Å². The topological polar surface area (TPSA) is 76.7 Å². The first-order valence-corrected chi connectivity index (χ1v) is 5.32. The highest BCUT2D eigenvalue weighted by Gasteiger charge is 2.03. The maximum atomic E-state index is 11.2. The Morgan fingerprint density at radius 2 is 2.00 bits per heavy atom. The second kappa shape index (κ2) is 10.4. The van der Waals surface area contributed by atoms with E-state index in [0.717, 1.165) is 6.42 Å². The van der Waals surface area contributed by atoms with E-state index in [1.54, 1.807) is 14.0 Å². The van der Waals surface area contributed by atoms with Gasteiger partial charge in [0.25, 0.3) is 0 Å². The molecule has 0 saturated carbocycles. The van der Waals surface area contributed by atoms with Crippen molar-refractivity contribution in [3.8, 4) is 0 Å². The lowest BCUT2D eigenvalue weighted by Crippen LogP contribution is -2.37. The molecule has 0 unspecified atom stereocenters. The van der Waals surface area contributed by atoms with Crippen LogP contribution in [0.3, 0.4) is 0 Å². The van der Waals surface area contributed by atoms with Crippen LogP contribution in [0.2, 0.25) is 0 Å². The summed E-state index contributed by atoms with van der Waals surface area (Å²) in [6, 6.07) is 0. The zero-order valence-electron chi connectivity index (χ0n) is 9.88. The molecule has 0 saturated heterocycles. The highest BCUT2D eigenvalue weighted by molar-refractivity contribution is 5.79. The molecular weight excluding hydrogens is 212 g/mol. The van der Waals surface area contributed by atoms with E-state index in [9.17, 15) is 9.59 Å². The molecule has 16 heavy (non-hydrogen) atoms. The summed E-state index contributed by atoms with van der Waals surface area (Å²) in [5.41, 5.74) is 0. The average Bonchev–Trinajstić information content (AvgIpc) is 2.25. The molecule has 94 valence electrons. The maximum Gasteiger partial charge on any atom is 0.319 e. The van der Waals surface area contributed by atoms with Gasteiger partial charge in [-0.2, -0.15) is 0 Å². The Balaban J connectivity index is 3.33. The smallest absolute Gasteiger partial charge is 0.319 e. The number of carbonyl (C=O) groups excluding carboxylic acids is 2. The molecule has 0 aliphatic carbocycles. The Labute approximate surface area is 95.7 Å². The summed E-state index contributed by atoms with van der Waals surface area (Å²) in [7, 11) is 1.61. The summed E-state index contributed by atoms with van der Waals surface area (Å²) in [5.74, 6) is -0.491. The van der Waals surface area contributed by atoms with Gasteiger partial charge in [-0.3, -0.25) is 14.9 Å². The van der Waals surface area contributed by atoms with E-state index < -0.39 is 0 Å². The van der Waals surface area contributed by atoms with Gasteiger partial charge in [0, 0.05) is 20.3 Å². The van der Waals surface area contributed by atoms with Crippen molar-refractivity contribution in [2.45, 2.75) is 13.3 Å². The third-order valence-corrected chi connectivity index (χ3v) is 1.71. The first-order valence-electron chi connectivity index (χ1n) is 5.32. The van der Waals surface area contributed by atoms with Crippen LogP contribution < -0.4 is 10.6 Å². The van der Waals surface area contributed by atoms with E-state index >= 15 is 0 Å². The van der Waals surface area contributed by atoms with Gasteiger partial charge in [-0.25, -0.2) is 0 Å². The van der Waals surface area contributed by atoms with Gasteiger partial charge in [0.05, 0.1) is 19.7 Å². The highest BCUT2D eigenvalue weighted by atomic mass is 16.5. The van der Waals surface area contributed by atoms with E-state index in [-0.39, 0.29) is 25.0 Å². The van der Waals surface area contributed by atoms with Crippen LogP contribution in [0.15, 0.2) is 0 Å². The van der Waals surface area contributed by atoms with Crippen LogP contribution in [-0.4, -0.2) is 51.8 Å². The number of esters is 1. The molecule has 2 N–H and O–H groups in total. The zero-order chi connectivity index (χ0) is 12.2. The Hall–Kier alpha value is -1.14. The molecule has 6 heteroatoms. The predicted octanol–water partition coefficient (Wildman–Crippen LogP) is -0.708. The molecule has 0 atom stereocenters. The molecule has 6 nitrogen and oxygen atoms in total. The van der Waals surface area contributed by atoms with Gasteiger partial charge in [-0.05, 0) is 13.3 Å². The summed E-state index contributed by atoms with van der Waals surface area (Å²) < 4.78 is 9.52. The number of rotatable bonds is 9. The van der Waals surface area contributed by atoms with Gasteiger partial charge in [-0.15, -0.1) is 0 Å². The summed E-state index contributed by atoms with van der Waals surface area (Å²) >= 11 is 0. The number of amides is 1. The maximum absolute atomic E-state index is 11.2. The first-order chi connectivity index (χ1) is 7.70. The predicted molar refractivity (Wildman–Crippen MR) is 59.0 cm³/mol. The van der Waals surface area contributed by atoms with Crippen LogP contribution >= 0.6 is 0 Å². The van der Waals surface area contributed by atoms with Crippen LogP contribution in [0.1, 0.15) is 13.3 Å². The molecule has 0 aromatic carbocycles. The quantitative estimate of drug-likeness (QED) is 0.406. The fourth-order valence-corrected chi connectivity index (χ4v) is 0.997. The van der Waals surface area contributed by atoms with Crippen molar-refractivity contribution in [1.29, 1.82) is 0 Å². The summed E-state index contributed by atoms with van der Waals surface area (Å²) in [5, 5.41) is 5.38. The fourth-order valence-electron chi connectivity index (χ4n) is 0.997. The third-order valence-electron chi connectivity index (χ3n) is 1.71. The van der Waals surface area contributed by atoms with Crippen molar-refractivity contribution in [3.05, 3.63) is 0 Å². The van der Waals surface area contributed by atoms with E-state index in [2.05, 4.69) is 15.4 Å². The Morgan fingerprint density at radius 1 is 1.25 bits per heavy atom. The molecule has 0 radical (unpaired) electrons. The Kier molecular flexibility index (Phi) is 9.64. The SMILES string of the molecule is CCOC(=O)CNCC(=O)NCCCOC. The van der Waals surface area contributed by atoms with Crippen molar-refractivity contribution in [2.75, 3.05) is 40.0 Å². The van der Waals surface area contributed by atoms with Crippen LogP contribution in [0.5, 0.6) is 0 Å². The van der Waals surface area contributed by atoms with Crippen LogP contribution in [-0.2, 0) is 19.1 Å². The molecule has 0 aliphatic rings. The lowest BCUT2D eigenvalue weighted by Gasteiger charge is -2.06. The fraction of sp³-hybridized carbons (Fsp3) is 0.800. The van der Waals surface area contributed by atoms with Gasteiger partial charge >= 0.3 is 5.97 Å². The molecule has 0 aromatic heterocycles. The Bertz CT molecular complexity index is 209. The van der Waals surface area contributed by atoms with Crippen molar-refractivity contribution < 1.29 is 19.1 Å². The standard InChI is InChI=1S/C10H20N2O4/c1-3-16-10(14)8-11-7-9(13)12-5-4-6-15-2/h11H,3-8H2,1-2H3,(H,12,13). The van der Waals surface area contributed by atoms with Crippen molar-refractivity contribution in [3.63, 3.8) is 0 Å². The number of nitrogens with one attached hydrogen (secondary N) is 2. The number of methoxy groups -OCH3 is 1. The molecule has 0 spiro atoms. The summed E-state index contributed by atoms with van der Waals surface area (Å²) in [6.45, 7) is 3.46. The number of ether oxygens (including phenoxy) is 2. The van der Waals surface area contributed by atoms with E-state index in [1.807, 2.05) is 0 Å². The van der Waals surface area contributed by atoms with Gasteiger partial charge < -0.3 is 14.8 Å². The minimum atomic E-state index is -0.352. The molecule has 0 rings (SSSR count). The summed E-state index contributed by atoms with van der Waals surface area (Å²) in [6.07, 6.45) is 0.778. The van der Waals surface area contributed by atoms with Crippen LogP contribution in [0.4, 0.5) is 0 Å². The molecule has 0 bridgehead atoms. The van der Waals surface area contributed by atoms with Gasteiger partial charge in [-0.1, -0.05) is 0 Å². The van der Waals surface area contributed by atoms with Crippen molar-refractivity contribution in [1.82, 2.24) is 10.6 Å². The van der Waals surface area contributed by atoms with E-state index in [1.165, 1.54) is 0 Å². The average molecular weight is 232 g/mol. The molecule has 0 fully saturated rings. The van der Waals surface area contributed by atoms with Crippen molar-refractivity contribution in [2.24, 2.45) is 0 Å². The molecule has 0 heterocycles. The largest absolute Gasteiger partial charge is 0.465 e. The number of hydrogen-bond acceptors (Lipinski definition) is 5. The van der Waals surface area contributed by atoms with Gasteiger partial charge in [0.2, 0.25) is 5.91 Å². The molecule has 1 amide bonds. The number of carbonyl (C=O) groups is 2.